The number of carbonyl (C=O) groups is 1. The third-order valence-electron chi connectivity index (χ3n) is 3.86. The average molecular weight is 295 g/mol. The predicted molar refractivity (Wildman–Crippen MR) is 84.9 cm³/mol. The Labute approximate surface area is 128 Å². The van der Waals surface area contributed by atoms with Crippen LogP contribution < -0.4 is 5.32 Å². The molecule has 0 aromatic carbocycles. The van der Waals surface area contributed by atoms with E-state index in [1.165, 1.54) is 0 Å². The molecule has 0 radical (unpaired) electrons. The van der Waals surface area contributed by atoms with Crippen molar-refractivity contribution in [3.8, 4) is 12.3 Å². The molecule has 120 valence electrons. The Morgan fingerprint density at radius 2 is 2.00 bits per heavy atom. The van der Waals surface area contributed by atoms with Crippen molar-refractivity contribution in [2.45, 2.75) is 26.7 Å². The van der Waals surface area contributed by atoms with Gasteiger partial charge in [-0.05, 0) is 24.7 Å². The maximum absolute atomic E-state index is 12.2. The highest BCUT2D eigenvalue weighted by molar-refractivity contribution is 5.74. The molecule has 5 heteroatoms. The zero-order chi connectivity index (χ0) is 15.7. The number of piperazine rings is 1. The molecule has 0 saturated carbocycles. The van der Waals surface area contributed by atoms with Gasteiger partial charge in [-0.25, -0.2) is 4.79 Å². The summed E-state index contributed by atoms with van der Waals surface area (Å²) in [5.41, 5.74) is 0. The number of nitrogens with one attached hydrogen (secondary N) is 1. The number of aliphatic hydroxyl groups excluding tert-OH is 1. The molecule has 0 spiro atoms. The summed E-state index contributed by atoms with van der Waals surface area (Å²) in [6, 6.07) is 0.00190. The predicted octanol–water partition coefficient (Wildman–Crippen LogP) is 0.991. The van der Waals surface area contributed by atoms with E-state index in [1.807, 2.05) is 4.90 Å². The Hall–Kier alpha value is -1.25. The molecular formula is C16H29N3O2. The summed E-state index contributed by atoms with van der Waals surface area (Å²) in [5.74, 6) is 3.56. The van der Waals surface area contributed by atoms with E-state index in [1.54, 1.807) is 0 Å². The van der Waals surface area contributed by atoms with Gasteiger partial charge in [-0.1, -0.05) is 19.8 Å². The Kier molecular flexibility index (Phi) is 8.17. The Morgan fingerprint density at radius 3 is 2.52 bits per heavy atom. The van der Waals surface area contributed by atoms with E-state index in [-0.39, 0.29) is 12.6 Å². The SMILES string of the molecule is C#CCN1CCN(C(=O)NCC(CCO)CC(C)C)CC1. The Balaban J connectivity index is 2.31. The van der Waals surface area contributed by atoms with Crippen molar-refractivity contribution in [3.05, 3.63) is 0 Å². The molecule has 1 fully saturated rings. The zero-order valence-electron chi connectivity index (χ0n) is 13.3. The topological polar surface area (TPSA) is 55.8 Å². The highest BCUT2D eigenvalue weighted by atomic mass is 16.3. The lowest BCUT2D eigenvalue weighted by atomic mass is 9.94. The van der Waals surface area contributed by atoms with Crippen LogP contribution in [0.15, 0.2) is 0 Å². The number of nitrogens with zero attached hydrogens (tertiary/aromatic N) is 2. The Morgan fingerprint density at radius 1 is 1.33 bits per heavy atom. The minimum absolute atomic E-state index is 0.00190. The van der Waals surface area contributed by atoms with Gasteiger partial charge in [-0.3, -0.25) is 4.90 Å². The second-order valence-electron chi connectivity index (χ2n) is 6.16. The van der Waals surface area contributed by atoms with Crippen molar-refractivity contribution >= 4 is 6.03 Å². The van der Waals surface area contributed by atoms with Gasteiger partial charge < -0.3 is 15.3 Å². The summed E-state index contributed by atoms with van der Waals surface area (Å²) in [5, 5.41) is 12.1. The molecule has 1 saturated heterocycles. The second kappa shape index (κ2) is 9.64. The number of terminal acetylenes is 1. The molecule has 1 aliphatic heterocycles. The van der Waals surface area contributed by atoms with E-state index in [4.69, 9.17) is 11.5 Å². The summed E-state index contributed by atoms with van der Waals surface area (Å²) < 4.78 is 0. The van der Waals surface area contributed by atoms with Gasteiger partial charge in [-0.2, -0.15) is 0 Å². The molecule has 0 aliphatic carbocycles. The molecule has 2 amide bonds. The normalized spacial score (nSPS) is 17.6. The van der Waals surface area contributed by atoms with E-state index in [0.717, 1.165) is 39.0 Å². The lowest BCUT2D eigenvalue weighted by Gasteiger charge is -2.34. The maximum Gasteiger partial charge on any atom is 0.317 e. The monoisotopic (exact) mass is 295 g/mol. The Bertz CT molecular complexity index is 344. The highest BCUT2D eigenvalue weighted by Crippen LogP contribution is 2.14. The van der Waals surface area contributed by atoms with Gasteiger partial charge in [0, 0.05) is 39.3 Å². The molecule has 1 aliphatic rings. The first-order valence-corrected chi connectivity index (χ1v) is 7.86. The fraction of sp³-hybridized carbons (Fsp3) is 0.812. The van der Waals surface area contributed by atoms with Gasteiger partial charge in [0.2, 0.25) is 0 Å². The van der Waals surface area contributed by atoms with Crippen molar-refractivity contribution in [3.63, 3.8) is 0 Å². The fourth-order valence-electron chi connectivity index (χ4n) is 2.73. The molecule has 1 unspecified atom stereocenters. The first-order valence-electron chi connectivity index (χ1n) is 7.86. The first-order chi connectivity index (χ1) is 10.1. The van der Waals surface area contributed by atoms with Crippen molar-refractivity contribution in [1.29, 1.82) is 0 Å². The molecule has 0 aromatic heterocycles. The van der Waals surface area contributed by atoms with Crippen LogP contribution in [0.2, 0.25) is 0 Å². The van der Waals surface area contributed by atoms with Crippen molar-refractivity contribution in [2.75, 3.05) is 45.9 Å². The van der Waals surface area contributed by atoms with Crippen molar-refractivity contribution in [1.82, 2.24) is 15.1 Å². The lowest BCUT2D eigenvalue weighted by Crippen LogP contribution is -2.52. The zero-order valence-corrected chi connectivity index (χ0v) is 13.3. The highest BCUT2D eigenvalue weighted by Gasteiger charge is 2.21. The average Bonchev–Trinajstić information content (AvgIpc) is 2.45. The van der Waals surface area contributed by atoms with Crippen LogP contribution in [0.4, 0.5) is 4.79 Å². The number of amides is 2. The number of carbonyl (C=O) groups excluding carboxylic acids is 1. The minimum atomic E-state index is 0.00190. The van der Waals surface area contributed by atoms with Crippen LogP contribution in [0.1, 0.15) is 26.7 Å². The summed E-state index contributed by atoms with van der Waals surface area (Å²) in [6.07, 6.45) is 7.07. The number of hydrogen-bond acceptors (Lipinski definition) is 3. The number of rotatable bonds is 7. The summed E-state index contributed by atoms with van der Waals surface area (Å²) in [4.78, 5) is 16.2. The molecule has 1 heterocycles. The standard InChI is InChI=1S/C16H29N3O2/c1-4-6-18-7-9-19(10-8-18)16(21)17-13-15(5-11-20)12-14(2)3/h1,14-15,20H,5-13H2,2-3H3,(H,17,21). The molecule has 2 N–H and O–H groups in total. The minimum Gasteiger partial charge on any atom is -0.396 e. The third-order valence-corrected chi connectivity index (χ3v) is 3.86. The summed E-state index contributed by atoms with van der Waals surface area (Å²) in [6.45, 7) is 8.93. The smallest absolute Gasteiger partial charge is 0.317 e. The van der Waals surface area contributed by atoms with E-state index >= 15 is 0 Å². The number of aliphatic hydroxyl groups is 1. The van der Waals surface area contributed by atoms with E-state index in [2.05, 4.69) is 30.0 Å². The van der Waals surface area contributed by atoms with Crippen molar-refractivity contribution < 1.29 is 9.90 Å². The maximum atomic E-state index is 12.2. The molecule has 1 rings (SSSR count). The second-order valence-corrected chi connectivity index (χ2v) is 6.16. The van der Waals surface area contributed by atoms with Gasteiger partial charge in [0.05, 0.1) is 6.54 Å². The quantitative estimate of drug-likeness (QED) is 0.689. The lowest BCUT2D eigenvalue weighted by molar-refractivity contribution is 0.145. The van der Waals surface area contributed by atoms with Crippen LogP contribution in [0.3, 0.4) is 0 Å². The van der Waals surface area contributed by atoms with Gasteiger partial charge in [-0.15, -0.1) is 6.42 Å². The molecular weight excluding hydrogens is 266 g/mol. The van der Waals surface area contributed by atoms with Crippen molar-refractivity contribution in [2.24, 2.45) is 11.8 Å². The van der Waals surface area contributed by atoms with E-state index in [9.17, 15) is 4.79 Å². The van der Waals surface area contributed by atoms with Gasteiger partial charge >= 0.3 is 6.03 Å². The molecule has 0 bridgehead atoms. The van der Waals surface area contributed by atoms with Gasteiger partial charge in [0.1, 0.15) is 0 Å². The third kappa shape index (κ3) is 6.83. The van der Waals surface area contributed by atoms with Crippen LogP contribution in [-0.4, -0.2) is 66.8 Å². The van der Waals surface area contributed by atoms with Crippen LogP contribution in [0.25, 0.3) is 0 Å². The molecule has 5 nitrogen and oxygen atoms in total. The largest absolute Gasteiger partial charge is 0.396 e. The summed E-state index contributed by atoms with van der Waals surface area (Å²) in [7, 11) is 0. The van der Waals surface area contributed by atoms with E-state index < -0.39 is 0 Å². The first kappa shape index (κ1) is 17.8. The number of urea groups is 1. The molecule has 1 atom stereocenters. The van der Waals surface area contributed by atoms with Crippen LogP contribution in [0, 0.1) is 24.2 Å². The van der Waals surface area contributed by atoms with E-state index in [0.29, 0.717) is 24.9 Å². The summed E-state index contributed by atoms with van der Waals surface area (Å²) >= 11 is 0. The molecule has 21 heavy (non-hydrogen) atoms. The number of hydrogen-bond donors (Lipinski definition) is 2. The van der Waals surface area contributed by atoms with Crippen LogP contribution in [0.5, 0.6) is 0 Å². The fourth-order valence-corrected chi connectivity index (χ4v) is 2.73. The van der Waals surface area contributed by atoms with Gasteiger partial charge in [0.15, 0.2) is 0 Å². The van der Waals surface area contributed by atoms with Crippen LogP contribution >= 0.6 is 0 Å². The van der Waals surface area contributed by atoms with Gasteiger partial charge in [0.25, 0.3) is 0 Å². The van der Waals surface area contributed by atoms with Crippen LogP contribution in [-0.2, 0) is 0 Å². The molecule has 0 aromatic rings.